The average Bonchev–Trinajstić information content (AvgIpc) is 3.32. The van der Waals surface area contributed by atoms with Crippen LogP contribution in [-0.4, -0.2) is 51.1 Å². The summed E-state index contributed by atoms with van der Waals surface area (Å²) in [5.74, 6) is 1.43. The number of sulfone groups is 1. The zero-order chi connectivity index (χ0) is 25.3. The van der Waals surface area contributed by atoms with Crippen LogP contribution in [0.1, 0.15) is 12.0 Å². The van der Waals surface area contributed by atoms with Crippen LogP contribution in [0.25, 0.3) is 6.08 Å². The highest BCUT2D eigenvalue weighted by atomic mass is 32.2. The molecule has 0 radical (unpaired) electrons. The number of rotatable bonds is 11. The molecule has 0 fully saturated rings. The molecule has 1 heterocycles. The Morgan fingerprint density at radius 2 is 1.60 bits per heavy atom. The van der Waals surface area contributed by atoms with Gasteiger partial charge in [0.1, 0.15) is 28.9 Å². The number of nitriles is 1. The number of hydrogen-bond acceptors (Lipinski definition) is 10. The van der Waals surface area contributed by atoms with Crippen molar-refractivity contribution >= 4 is 38.3 Å². The van der Waals surface area contributed by atoms with Gasteiger partial charge in [0.2, 0.25) is 19.3 Å². The van der Waals surface area contributed by atoms with Crippen LogP contribution < -0.4 is 19.5 Å². The molecule has 0 saturated heterocycles. The molecule has 0 aliphatic carbocycles. The average molecular weight is 515 g/mol. The number of aromatic nitrogens is 2. The minimum absolute atomic E-state index is 0.0173. The zero-order valence-corrected chi connectivity index (χ0v) is 20.6. The molecule has 10 nitrogen and oxygen atoms in total. The van der Waals surface area contributed by atoms with E-state index in [1.54, 1.807) is 31.4 Å². The van der Waals surface area contributed by atoms with Gasteiger partial charge in [0.05, 0.1) is 20.3 Å². The van der Waals surface area contributed by atoms with Crippen molar-refractivity contribution in [3.63, 3.8) is 0 Å². The van der Waals surface area contributed by atoms with E-state index in [4.69, 9.17) is 14.2 Å². The van der Waals surface area contributed by atoms with Crippen LogP contribution in [-0.2, 0) is 14.6 Å². The predicted molar refractivity (Wildman–Crippen MR) is 130 cm³/mol. The molecule has 35 heavy (non-hydrogen) atoms. The van der Waals surface area contributed by atoms with Gasteiger partial charge in [0.15, 0.2) is 0 Å². The monoisotopic (exact) mass is 514 g/mol. The fraction of sp³-hybridized carbons (Fsp3) is 0.217. The first-order valence-electron chi connectivity index (χ1n) is 10.2. The lowest BCUT2D eigenvalue weighted by molar-refractivity contribution is -0.112. The molecule has 0 unspecified atom stereocenters. The second kappa shape index (κ2) is 12.0. The Bertz CT molecular complexity index is 1330. The molecule has 0 aliphatic rings. The first-order valence-corrected chi connectivity index (χ1v) is 13.0. The van der Waals surface area contributed by atoms with Crippen molar-refractivity contribution in [3.05, 3.63) is 59.7 Å². The summed E-state index contributed by atoms with van der Waals surface area (Å²) in [6.45, 7) is 0.947. The Kier molecular flexibility index (Phi) is 8.77. The van der Waals surface area contributed by atoms with E-state index in [2.05, 4.69) is 15.5 Å². The minimum atomic E-state index is -3.53. The topological polar surface area (TPSA) is 140 Å². The molecule has 0 spiro atoms. The van der Waals surface area contributed by atoms with Crippen LogP contribution >= 0.6 is 11.3 Å². The Labute approximate surface area is 206 Å². The molecule has 0 aliphatic heterocycles. The first kappa shape index (κ1) is 25.7. The lowest BCUT2D eigenvalue weighted by Gasteiger charge is -2.09. The van der Waals surface area contributed by atoms with E-state index >= 15 is 0 Å². The maximum absolute atomic E-state index is 12.4. The van der Waals surface area contributed by atoms with Crippen molar-refractivity contribution in [2.45, 2.75) is 10.8 Å². The third kappa shape index (κ3) is 7.80. The highest BCUT2D eigenvalue weighted by molar-refractivity contribution is 7.92. The predicted octanol–water partition coefficient (Wildman–Crippen LogP) is 3.34. The Balaban J connectivity index is 1.48. The smallest absolute Gasteiger partial charge is 0.268 e. The van der Waals surface area contributed by atoms with Crippen molar-refractivity contribution in [1.29, 1.82) is 5.26 Å². The summed E-state index contributed by atoms with van der Waals surface area (Å²) in [5.41, 5.74) is 0.437. The molecular formula is C23H22N4O6S2. The maximum atomic E-state index is 12.4. The van der Waals surface area contributed by atoms with Gasteiger partial charge in [-0.25, -0.2) is 8.42 Å². The van der Waals surface area contributed by atoms with Gasteiger partial charge in [-0.3, -0.25) is 10.1 Å². The Morgan fingerprint density at radius 3 is 2.11 bits per heavy atom. The van der Waals surface area contributed by atoms with Crippen molar-refractivity contribution in [2.24, 2.45) is 0 Å². The normalized spacial score (nSPS) is 11.4. The molecule has 2 aromatic carbocycles. The number of hydrogen-bond donors (Lipinski definition) is 1. The second-order valence-electron chi connectivity index (χ2n) is 7.06. The molecular weight excluding hydrogens is 492 g/mol. The number of carbonyl (C=O) groups excluding carboxylic acids is 1. The highest BCUT2D eigenvalue weighted by Gasteiger charge is 2.17. The molecule has 0 atom stereocenters. The molecule has 3 aromatic rings. The number of amides is 1. The van der Waals surface area contributed by atoms with Gasteiger partial charge in [0.25, 0.3) is 5.91 Å². The molecule has 0 saturated carbocycles. The largest absolute Gasteiger partial charge is 0.497 e. The van der Waals surface area contributed by atoms with E-state index in [1.807, 2.05) is 30.3 Å². The van der Waals surface area contributed by atoms with Crippen molar-refractivity contribution < 1.29 is 27.4 Å². The lowest BCUT2D eigenvalue weighted by atomic mass is 10.1. The molecule has 1 aromatic heterocycles. The number of benzene rings is 2. The standard InChI is InChI=1S/C23H22N4O6S2/c1-31-18-8-10-20(11-9-18)33-13-3-12-32-19-6-4-16(5-7-19)14-17(15-24)21(28)25-22-26-27-23(34-22)35(2,29)30/h4-11,14H,3,12-13H2,1-2H3,(H,25,26,28)/b17-14-. The van der Waals surface area contributed by atoms with E-state index in [1.165, 1.54) is 6.08 Å². The number of anilines is 1. The Hall–Kier alpha value is -3.95. The fourth-order valence-corrected chi connectivity index (χ4v) is 4.16. The van der Waals surface area contributed by atoms with Gasteiger partial charge >= 0.3 is 0 Å². The summed E-state index contributed by atoms with van der Waals surface area (Å²) in [4.78, 5) is 12.4. The quantitative estimate of drug-likeness (QED) is 0.176. The van der Waals surface area contributed by atoms with Gasteiger partial charge in [-0.1, -0.05) is 23.5 Å². The first-order chi connectivity index (χ1) is 16.8. The summed E-state index contributed by atoms with van der Waals surface area (Å²) in [6, 6.07) is 16.0. The molecule has 0 bridgehead atoms. The second-order valence-corrected chi connectivity index (χ2v) is 10.2. The molecule has 12 heteroatoms. The van der Waals surface area contributed by atoms with Gasteiger partial charge in [-0.2, -0.15) is 5.26 Å². The lowest BCUT2D eigenvalue weighted by Crippen LogP contribution is -2.13. The minimum Gasteiger partial charge on any atom is -0.497 e. The van der Waals surface area contributed by atoms with Gasteiger partial charge in [0, 0.05) is 12.7 Å². The number of methoxy groups -OCH3 is 1. The van der Waals surface area contributed by atoms with Crippen LogP contribution in [0.3, 0.4) is 0 Å². The van der Waals surface area contributed by atoms with Crippen molar-refractivity contribution in [1.82, 2.24) is 10.2 Å². The molecule has 1 N–H and O–H groups in total. The van der Waals surface area contributed by atoms with Crippen LogP contribution in [0.2, 0.25) is 0 Å². The van der Waals surface area contributed by atoms with Crippen LogP contribution in [0.5, 0.6) is 17.2 Å². The van der Waals surface area contributed by atoms with Gasteiger partial charge in [-0.05, 0) is 48.0 Å². The SMILES string of the molecule is COc1ccc(OCCCOc2ccc(/C=C(/C#N)C(=O)Nc3nnc(S(C)(=O)=O)s3)cc2)cc1. The Morgan fingerprint density at radius 1 is 1.03 bits per heavy atom. The molecule has 3 rings (SSSR count). The molecule has 182 valence electrons. The van der Waals surface area contributed by atoms with Crippen molar-refractivity contribution in [2.75, 3.05) is 31.9 Å². The highest BCUT2D eigenvalue weighted by Crippen LogP contribution is 2.21. The van der Waals surface area contributed by atoms with E-state index in [-0.39, 0.29) is 15.0 Å². The number of nitrogens with one attached hydrogen (secondary N) is 1. The van der Waals surface area contributed by atoms with E-state index in [9.17, 15) is 18.5 Å². The fourth-order valence-electron chi connectivity index (χ4n) is 2.66. The third-order valence-electron chi connectivity index (χ3n) is 4.39. The zero-order valence-electron chi connectivity index (χ0n) is 18.9. The van der Waals surface area contributed by atoms with Crippen LogP contribution in [0.15, 0.2) is 58.4 Å². The summed E-state index contributed by atoms with van der Waals surface area (Å²) < 4.78 is 39.2. The summed E-state index contributed by atoms with van der Waals surface area (Å²) in [7, 11) is -1.92. The molecule has 1 amide bonds. The van der Waals surface area contributed by atoms with E-state index in [0.29, 0.717) is 42.3 Å². The van der Waals surface area contributed by atoms with E-state index in [0.717, 1.165) is 17.8 Å². The van der Waals surface area contributed by atoms with Crippen molar-refractivity contribution in [3.8, 4) is 23.3 Å². The summed E-state index contributed by atoms with van der Waals surface area (Å²) in [6.07, 6.45) is 3.07. The van der Waals surface area contributed by atoms with Crippen LogP contribution in [0.4, 0.5) is 5.13 Å². The number of carbonyl (C=O) groups is 1. The maximum Gasteiger partial charge on any atom is 0.268 e. The van der Waals surface area contributed by atoms with Gasteiger partial charge in [-0.15, -0.1) is 10.2 Å². The van der Waals surface area contributed by atoms with Crippen LogP contribution in [0, 0.1) is 11.3 Å². The third-order valence-corrected chi connectivity index (χ3v) is 6.89. The van der Waals surface area contributed by atoms with E-state index < -0.39 is 15.7 Å². The summed E-state index contributed by atoms with van der Waals surface area (Å²) >= 11 is 0.706. The van der Waals surface area contributed by atoms with Gasteiger partial charge < -0.3 is 14.2 Å². The number of ether oxygens (including phenoxy) is 3. The number of nitrogens with zero attached hydrogens (tertiary/aromatic N) is 3. The summed E-state index contributed by atoms with van der Waals surface area (Å²) in [5, 5.41) is 18.8.